The predicted octanol–water partition coefficient (Wildman–Crippen LogP) is 2.75. The predicted molar refractivity (Wildman–Crippen MR) is 99.6 cm³/mol. The van der Waals surface area contributed by atoms with Crippen molar-refractivity contribution >= 4 is 23.7 Å². The van der Waals surface area contributed by atoms with Gasteiger partial charge in [0.15, 0.2) is 5.96 Å². The van der Waals surface area contributed by atoms with Gasteiger partial charge in [0.05, 0.1) is 0 Å². The van der Waals surface area contributed by atoms with Crippen molar-refractivity contribution < 1.29 is 13.2 Å². The summed E-state index contributed by atoms with van der Waals surface area (Å²) in [6.45, 7) is 0.859. The number of anilines is 1. The number of hydrogen-bond acceptors (Lipinski definition) is 5. The maximum absolute atomic E-state index is 12.6. The van der Waals surface area contributed by atoms with Gasteiger partial charge in [-0.3, -0.25) is 4.99 Å². The molecule has 0 aliphatic heterocycles. The summed E-state index contributed by atoms with van der Waals surface area (Å²) in [7, 11) is 1.70. The van der Waals surface area contributed by atoms with Gasteiger partial charge in [-0.25, -0.2) is 9.97 Å². The number of rotatable bonds is 6. The zero-order valence-electron chi connectivity index (χ0n) is 14.9. The molecule has 6 nitrogen and oxygen atoms in total. The van der Waals surface area contributed by atoms with Gasteiger partial charge >= 0.3 is 6.18 Å². The fourth-order valence-corrected chi connectivity index (χ4v) is 3.66. The minimum Gasteiger partial charge on any atom is -0.355 e. The van der Waals surface area contributed by atoms with Gasteiger partial charge in [0, 0.05) is 37.6 Å². The van der Waals surface area contributed by atoms with Crippen molar-refractivity contribution in [3.63, 3.8) is 0 Å². The fourth-order valence-electron chi connectivity index (χ4n) is 2.84. The maximum Gasteiger partial charge on any atom is 0.433 e. The Morgan fingerprint density at radius 2 is 2.15 bits per heavy atom. The Morgan fingerprint density at radius 1 is 1.35 bits per heavy atom. The molecule has 0 aromatic carbocycles. The van der Waals surface area contributed by atoms with Crippen LogP contribution in [0.4, 0.5) is 19.1 Å². The molecule has 1 aromatic heterocycles. The number of alkyl halides is 3. The van der Waals surface area contributed by atoms with Crippen molar-refractivity contribution in [2.24, 2.45) is 4.99 Å². The van der Waals surface area contributed by atoms with E-state index in [2.05, 4.69) is 37.2 Å². The molecule has 146 valence electrons. The van der Waals surface area contributed by atoms with E-state index in [4.69, 9.17) is 0 Å². The van der Waals surface area contributed by atoms with Gasteiger partial charge in [-0.2, -0.15) is 24.9 Å². The van der Waals surface area contributed by atoms with Gasteiger partial charge in [0.1, 0.15) is 5.69 Å². The van der Waals surface area contributed by atoms with Crippen LogP contribution in [0.5, 0.6) is 0 Å². The second kappa shape index (κ2) is 9.84. The van der Waals surface area contributed by atoms with Crippen LogP contribution in [0.2, 0.25) is 0 Å². The first-order valence-corrected chi connectivity index (χ1v) is 9.85. The number of hydrogen-bond donors (Lipinski definition) is 3. The minimum absolute atomic E-state index is 0.0420. The topological polar surface area (TPSA) is 74.2 Å². The molecule has 1 heterocycles. The van der Waals surface area contributed by atoms with E-state index in [9.17, 15) is 13.2 Å². The average molecular weight is 390 g/mol. The van der Waals surface area contributed by atoms with Crippen molar-refractivity contribution in [1.29, 1.82) is 0 Å². The lowest BCUT2D eigenvalue weighted by Gasteiger charge is -2.29. The van der Waals surface area contributed by atoms with E-state index in [1.165, 1.54) is 12.8 Å². The van der Waals surface area contributed by atoms with E-state index < -0.39 is 11.9 Å². The molecule has 1 aliphatic rings. The van der Waals surface area contributed by atoms with Crippen LogP contribution in [0.25, 0.3) is 0 Å². The van der Waals surface area contributed by atoms with Crippen LogP contribution in [0.15, 0.2) is 17.3 Å². The molecule has 3 N–H and O–H groups in total. The lowest BCUT2D eigenvalue weighted by molar-refractivity contribution is -0.141. The van der Waals surface area contributed by atoms with E-state index in [1.807, 2.05) is 11.8 Å². The third-order valence-electron chi connectivity index (χ3n) is 4.17. The largest absolute Gasteiger partial charge is 0.433 e. The summed E-state index contributed by atoms with van der Waals surface area (Å²) in [6.07, 6.45) is 3.45. The Balaban J connectivity index is 1.74. The van der Waals surface area contributed by atoms with E-state index in [1.54, 1.807) is 7.05 Å². The summed E-state index contributed by atoms with van der Waals surface area (Å²) < 4.78 is 37.9. The van der Waals surface area contributed by atoms with E-state index >= 15 is 0 Å². The molecule has 1 aliphatic carbocycles. The SMILES string of the molecule is CN=C(NCCNc1nccc(C(F)(F)F)n1)NC1CCCC(SC)C1. The van der Waals surface area contributed by atoms with Crippen LogP contribution in [0.1, 0.15) is 31.4 Å². The van der Waals surface area contributed by atoms with Crippen LogP contribution in [0, 0.1) is 0 Å². The molecule has 1 aromatic rings. The van der Waals surface area contributed by atoms with Crippen LogP contribution >= 0.6 is 11.8 Å². The second-order valence-corrected chi connectivity index (χ2v) is 7.19. The van der Waals surface area contributed by atoms with Crippen molar-refractivity contribution in [2.75, 3.05) is 31.7 Å². The first kappa shape index (κ1) is 20.6. The Morgan fingerprint density at radius 3 is 2.85 bits per heavy atom. The first-order chi connectivity index (χ1) is 12.4. The van der Waals surface area contributed by atoms with Crippen molar-refractivity contribution in [1.82, 2.24) is 20.6 Å². The number of aliphatic imine (C=N–C) groups is 1. The van der Waals surface area contributed by atoms with Crippen molar-refractivity contribution in [3.05, 3.63) is 18.0 Å². The lowest BCUT2D eigenvalue weighted by atomic mass is 9.95. The molecule has 2 rings (SSSR count). The molecule has 0 radical (unpaired) electrons. The molecular formula is C16H25F3N6S. The van der Waals surface area contributed by atoms with Gasteiger partial charge in [-0.15, -0.1) is 0 Å². The molecule has 0 spiro atoms. The van der Waals surface area contributed by atoms with Gasteiger partial charge in [-0.1, -0.05) is 6.42 Å². The molecular weight excluding hydrogens is 365 g/mol. The zero-order chi connectivity index (χ0) is 19.0. The van der Waals surface area contributed by atoms with Crippen LogP contribution in [-0.4, -0.2) is 53.6 Å². The summed E-state index contributed by atoms with van der Waals surface area (Å²) in [5.74, 6) is 0.656. The Hall–Kier alpha value is -1.71. The van der Waals surface area contributed by atoms with E-state index in [-0.39, 0.29) is 5.95 Å². The highest BCUT2D eigenvalue weighted by atomic mass is 32.2. The molecule has 1 fully saturated rings. The lowest BCUT2D eigenvalue weighted by Crippen LogP contribution is -2.46. The van der Waals surface area contributed by atoms with Gasteiger partial charge in [0.2, 0.25) is 5.95 Å². The van der Waals surface area contributed by atoms with Gasteiger partial charge < -0.3 is 16.0 Å². The highest BCUT2D eigenvalue weighted by Crippen LogP contribution is 2.28. The molecule has 26 heavy (non-hydrogen) atoms. The monoisotopic (exact) mass is 390 g/mol. The highest BCUT2D eigenvalue weighted by molar-refractivity contribution is 7.99. The molecule has 10 heteroatoms. The third kappa shape index (κ3) is 6.54. The second-order valence-electron chi connectivity index (χ2n) is 6.05. The molecule has 1 saturated carbocycles. The number of nitrogens with one attached hydrogen (secondary N) is 3. The molecule has 0 amide bonds. The molecule has 0 bridgehead atoms. The Labute approximate surface area is 155 Å². The normalized spacial score (nSPS) is 21.3. The zero-order valence-corrected chi connectivity index (χ0v) is 15.8. The summed E-state index contributed by atoms with van der Waals surface area (Å²) in [4.78, 5) is 11.5. The van der Waals surface area contributed by atoms with Gasteiger partial charge in [-0.05, 0) is 31.6 Å². The minimum atomic E-state index is -4.47. The molecule has 0 saturated heterocycles. The van der Waals surface area contributed by atoms with Crippen LogP contribution in [0.3, 0.4) is 0 Å². The van der Waals surface area contributed by atoms with E-state index in [0.717, 1.165) is 25.1 Å². The standard InChI is InChI=1S/C16H25F3N6S/c1-20-14(24-11-4-3-5-12(10-11)26-2)22-8-9-23-15-21-7-6-13(25-15)16(17,18)19/h6-7,11-12H,3-5,8-10H2,1-2H3,(H2,20,22,24)(H,21,23,25). The number of thioether (sulfide) groups is 1. The number of nitrogens with zero attached hydrogens (tertiary/aromatic N) is 3. The highest BCUT2D eigenvalue weighted by Gasteiger charge is 2.32. The van der Waals surface area contributed by atoms with Crippen LogP contribution < -0.4 is 16.0 Å². The summed E-state index contributed by atoms with van der Waals surface area (Å²) >= 11 is 1.90. The van der Waals surface area contributed by atoms with Crippen molar-refractivity contribution in [2.45, 2.75) is 43.2 Å². The first-order valence-electron chi connectivity index (χ1n) is 8.56. The van der Waals surface area contributed by atoms with Gasteiger partial charge in [0.25, 0.3) is 0 Å². The smallest absolute Gasteiger partial charge is 0.355 e. The maximum atomic E-state index is 12.6. The summed E-state index contributed by atoms with van der Waals surface area (Å²) in [6, 6.07) is 1.24. The summed E-state index contributed by atoms with van der Waals surface area (Å²) in [5.41, 5.74) is -0.957. The fraction of sp³-hybridized carbons (Fsp3) is 0.688. The number of aromatic nitrogens is 2. The van der Waals surface area contributed by atoms with Crippen LogP contribution in [-0.2, 0) is 6.18 Å². The Bertz CT molecular complexity index is 596. The van der Waals surface area contributed by atoms with Crippen molar-refractivity contribution in [3.8, 4) is 0 Å². The Kier molecular flexibility index (Phi) is 7.80. The number of halogens is 3. The third-order valence-corrected chi connectivity index (χ3v) is 5.27. The molecule has 2 atom stereocenters. The average Bonchev–Trinajstić information content (AvgIpc) is 2.64. The quantitative estimate of drug-likeness (QED) is 0.394. The van der Waals surface area contributed by atoms with E-state index in [0.29, 0.717) is 30.3 Å². The molecule has 2 unspecified atom stereocenters. The number of guanidine groups is 1. The summed E-state index contributed by atoms with van der Waals surface area (Å²) in [5, 5.41) is 10.0.